The van der Waals surface area contributed by atoms with Gasteiger partial charge in [-0.2, -0.15) is 0 Å². The van der Waals surface area contributed by atoms with Gasteiger partial charge in [0.1, 0.15) is 0 Å². The van der Waals surface area contributed by atoms with E-state index in [1.807, 2.05) is 13.8 Å². The highest BCUT2D eigenvalue weighted by atomic mass is 35.5. The van der Waals surface area contributed by atoms with E-state index in [1.165, 1.54) is 6.42 Å². The van der Waals surface area contributed by atoms with Crippen molar-refractivity contribution in [3.63, 3.8) is 0 Å². The molecule has 0 aliphatic heterocycles. The van der Waals surface area contributed by atoms with Crippen LogP contribution < -0.4 is 21.3 Å². The van der Waals surface area contributed by atoms with Gasteiger partial charge in [0.25, 0.3) is 5.91 Å². The van der Waals surface area contributed by atoms with Gasteiger partial charge >= 0.3 is 0 Å². The summed E-state index contributed by atoms with van der Waals surface area (Å²) < 4.78 is 0. The van der Waals surface area contributed by atoms with Gasteiger partial charge in [0.2, 0.25) is 11.8 Å². The maximum Gasteiger partial charge on any atom is 0.253 e. The van der Waals surface area contributed by atoms with Crippen molar-refractivity contribution in [2.75, 3.05) is 22.5 Å². The number of benzene rings is 2. The molecule has 33 heavy (non-hydrogen) atoms. The van der Waals surface area contributed by atoms with Gasteiger partial charge in [-0.15, -0.1) is 0 Å². The predicted molar refractivity (Wildman–Crippen MR) is 133 cm³/mol. The van der Waals surface area contributed by atoms with E-state index in [0.29, 0.717) is 27.6 Å². The Kier molecular flexibility index (Phi) is 8.72. The first-order chi connectivity index (χ1) is 15.8. The Bertz CT molecular complexity index is 986. The van der Waals surface area contributed by atoms with E-state index < -0.39 is 0 Å². The van der Waals surface area contributed by atoms with Crippen molar-refractivity contribution < 1.29 is 14.4 Å². The second-order valence-electron chi connectivity index (χ2n) is 8.63. The largest absolute Gasteiger partial charge is 0.376 e. The second kappa shape index (κ2) is 11.7. The van der Waals surface area contributed by atoms with E-state index in [1.54, 1.807) is 42.5 Å². The number of carbonyl (C=O) groups is 3. The van der Waals surface area contributed by atoms with Gasteiger partial charge in [0.15, 0.2) is 0 Å². The van der Waals surface area contributed by atoms with Crippen LogP contribution in [0.3, 0.4) is 0 Å². The molecule has 0 spiro atoms. The number of hydrogen-bond acceptors (Lipinski definition) is 4. The third kappa shape index (κ3) is 7.49. The molecule has 1 fully saturated rings. The number of amides is 3. The molecule has 0 bridgehead atoms. The van der Waals surface area contributed by atoms with Crippen molar-refractivity contribution in [3.8, 4) is 0 Å². The van der Waals surface area contributed by atoms with Crippen LogP contribution in [0.5, 0.6) is 0 Å². The van der Waals surface area contributed by atoms with Crippen molar-refractivity contribution in [2.24, 2.45) is 5.92 Å². The number of nitrogens with one attached hydrogen (secondary N) is 4. The van der Waals surface area contributed by atoms with Gasteiger partial charge in [-0.3, -0.25) is 14.4 Å². The summed E-state index contributed by atoms with van der Waals surface area (Å²) in [6.07, 6.45) is 5.46. The summed E-state index contributed by atoms with van der Waals surface area (Å²) in [5.41, 5.74) is 2.32. The molecule has 1 saturated carbocycles. The lowest BCUT2D eigenvalue weighted by Crippen LogP contribution is -2.36. The highest BCUT2D eigenvalue weighted by molar-refractivity contribution is 6.34. The molecule has 0 radical (unpaired) electrons. The molecule has 4 N–H and O–H groups in total. The maximum absolute atomic E-state index is 12.7. The lowest BCUT2D eigenvalue weighted by molar-refractivity contribution is -0.119. The summed E-state index contributed by atoms with van der Waals surface area (Å²) >= 11 is 6.25. The molecule has 0 atom stereocenters. The SMILES string of the molecule is CC(C)C(=O)Nc1ccc(NC(=O)CNc2ccc(Cl)c(C(=O)NC3CCCCC3)c2)cc1. The molecular weight excluding hydrogens is 440 g/mol. The van der Waals surface area contributed by atoms with Gasteiger partial charge in [0.05, 0.1) is 17.1 Å². The van der Waals surface area contributed by atoms with Crippen molar-refractivity contribution in [1.82, 2.24) is 5.32 Å². The van der Waals surface area contributed by atoms with Crippen LogP contribution in [0.4, 0.5) is 17.1 Å². The third-order valence-electron chi connectivity index (χ3n) is 5.57. The molecule has 176 valence electrons. The Morgan fingerprint density at radius 1 is 0.909 bits per heavy atom. The Labute approximate surface area is 199 Å². The molecular formula is C25H31ClN4O3. The molecule has 7 nitrogen and oxygen atoms in total. The van der Waals surface area contributed by atoms with Crippen LogP contribution in [0, 0.1) is 5.92 Å². The monoisotopic (exact) mass is 470 g/mol. The normalized spacial score (nSPS) is 13.9. The van der Waals surface area contributed by atoms with Crippen molar-refractivity contribution in [2.45, 2.75) is 52.0 Å². The molecule has 0 aromatic heterocycles. The number of hydrogen-bond donors (Lipinski definition) is 4. The lowest BCUT2D eigenvalue weighted by atomic mass is 9.95. The molecule has 0 saturated heterocycles. The molecule has 1 aliphatic carbocycles. The molecule has 0 unspecified atom stereocenters. The van der Waals surface area contributed by atoms with Crippen LogP contribution in [0.15, 0.2) is 42.5 Å². The fourth-order valence-corrected chi connectivity index (χ4v) is 3.83. The Hall–Kier alpha value is -3.06. The van der Waals surface area contributed by atoms with Crippen LogP contribution >= 0.6 is 11.6 Å². The predicted octanol–water partition coefficient (Wildman–Crippen LogP) is 5.05. The fourth-order valence-electron chi connectivity index (χ4n) is 3.63. The van der Waals surface area contributed by atoms with Crippen LogP contribution in [0.25, 0.3) is 0 Å². The first kappa shape index (κ1) is 24.6. The zero-order valence-electron chi connectivity index (χ0n) is 19.0. The number of carbonyl (C=O) groups excluding carboxylic acids is 3. The van der Waals surface area contributed by atoms with Gasteiger partial charge in [-0.05, 0) is 55.3 Å². The molecule has 1 aliphatic rings. The summed E-state index contributed by atoms with van der Waals surface area (Å²) in [5.74, 6) is -0.602. The quantitative estimate of drug-likeness (QED) is 0.434. The van der Waals surface area contributed by atoms with Crippen molar-refractivity contribution in [1.29, 1.82) is 0 Å². The van der Waals surface area contributed by atoms with Crippen LogP contribution in [0.2, 0.25) is 5.02 Å². The van der Waals surface area contributed by atoms with Gasteiger partial charge in [0, 0.05) is 29.0 Å². The summed E-state index contributed by atoms with van der Waals surface area (Å²) in [5, 5.41) is 12.1. The van der Waals surface area contributed by atoms with Crippen molar-refractivity contribution >= 4 is 46.4 Å². The topological polar surface area (TPSA) is 99.3 Å². The Morgan fingerprint density at radius 3 is 2.15 bits per heavy atom. The maximum atomic E-state index is 12.7. The number of anilines is 3. The van der Waals surface area contributed by atoms with E-state index in [2.05, 4.69) is 21.3 Å². The minimum absolute atomic E-state index is 0.0250. The van der Waals surface area contributed by atoms with Gasteiger partial charge in [-0.1, -0.05) is 44.7 Å². The van der Waals surface area contributed by atoms with Crippen LogP contribution in [0.1, 0.15) is 56.3 Å². The Morgan fingerprint density at radius 2 is 1.52 bits per heavy atom. The van der Waals surface area contributed by atoms with E-state index in [-0.39, 0.29) is 36.2 Å². The van der Waals surface area contributed by atoms with Gasteiger partial charge in [-0.25, -0.2) is 0 Å². The van der Waals surface area contributed by atoms with Crippen LogP contribution in [-0.2, 0) is 9.59 Å². The molecule has 0 heterocycles. The number of rotatable bonds is 8. The van der Waals surface area contributed by atoms with Crippen LogP contribution in [-0.4, -0.2) is 30.3 Å². The molecule has 3 rings (SSSR count). The molecule has 3 amide bonds. The van der Waals surface area contributed by atoms with E-state index in [9.17, 15) is 14.4 Å². The average molecular weight is 471 g/mol. The fraction of sp³-hybridized carbons (Fsp3) is 0.400. The zero-order chi connectivity index (χ0) is 23.8. The second-order valence-corrected chi connectivity index (χ2v) is 9.03. The molecule has 2 aromatic carbocycles. The van der Waals surface area contributed by atoms with E-state index in [0.717, 1.165) is 25.7 Å². The van der Waals surface area contributed by atoms with E-state index >= 15 is 0 Å². The summed E-state index contributed by atoms with van der Waals surface area (Å²) in [7, 11) is 0. The Balaban J connectivity index is 1.52. The first-order valence-corrected chi connectivity index (χ1v) is 11.7. The highest BCUT2D eigenvalue weighted by Gasteiger charge is 2.18. The van der Waals surface area contributed by atoms with E-state index in [4.69, 9.17) is 11.6 Å². The average Bonchev–Trinajstić information content (AvgIpc) is 2.80. The molecule has 2 aromatic rings. The standard InChI is InChI=1S/C25H31ClN4O3/c1-16(2)24(32)29-19-10-8-18(9-11-19)28-23(31)15-27-20-12-13-22(26)21(14-20)25(33)30-17-6-4-3-5-7-17/h8-14,16-17,27H,3-7,15H2,1-2H3,(H,28,31)(H,29,32)(H,30,33). The summed E-state index contributed by atoms with van der Waals surface area (Å²) in [6, 6.07) is 12.2. The number of halogens is 1. The minimum atomic E-state index is -0.239. The third-order valence-corrected chi connectivity index (χ3v) is 5.89. The van der Waals surface area contributed by atoms with Crippen molar-refractivity contribution in [3.05, 3.63) is 53.1 Å². The lowest BCUT2D eigenvalue weighted by Gasteiger charge is -2.23. The highest BCUT2D eigenvalue weighted by Crippen LogP contribution is 2.23. The first-order valence-electron chi connectivity index (χ1n) is 11.4. The smallest absolute Gasteiger partial charge is 0.253 e. The summed E-state index contributed by atoms with van der Waals surface area (Å²) in [4.78, 5) is 36.8. The molecule has 8 heteroatoms. The minimum Gasteiger partial charge on any atom is -0.376 e. The van der Waals surface area contributed by atoms with Gasteiger partial charge < -0.3 is 21.3 Å². The zero-order valence-corrected chi connectivity index (χ0v) is 19.8. The summed E-state index contributed by atoms with van der Waals surface area (Å²) in [6.45, 7) is 3.67.